The van der Waals surface area contributed by atoms with Gasteiger partial charge in [0, 0.05) is 22.7 Å². The number of ether oxygens (including phenoxy) is 1. The minimum absolute atomic E-state index is 0.265. The van der Waals surface area contributed by atoms with Crippen molar-refractivity contribution >= 4 is 11.6 Å². The molecule has 0 aromatic heterocycles. The van der Waals surface area contributed by atoms with Gasteiger partial charge in [0.25, 0.3) is 0 Å². The highest BCUT2D eigenvalue weighted by Gasteiger charge is 2.17. The Bertz CT molecular complexity index is 634. The molecule has 2 nitrogen and oxygen atoms in total. The molecule has 1 unspecified atom stereocenters. The summed E-state index contributed by atoms with van der Waals surface area (Å²) in [6, 6.07) is 8.67. The average molecular weight is 312 g/mol. The number of hydrogen-bond acceptors (Lipinski definition) is 2. The van der Waals surface area contributed by atoms with Crippen LogP contribution in [0, 0.1) is 11.6 Å². The van der Waals surface area contributed by atoms with Gasteiger partial charge in [-0.3, -0.25) is 0 Å². The molecule has 2 aromatic rings. The van der Waals surface area contributed by atoms with E-state index in [0.717, 1.165) is 5.56 Å². The lowest BCUT2D eigenvalue weighted by Gasteiger charge is -2.18. The van der Waals surface area contributed by atoms with Crippen LogP contribution in [0.5, 0.6) is 5.75 Å². The van der Waals surface area contributed by atoms with Crippen molar-refractivity contribution in [2.24, 2.45) is 0 Å². The van der Waals surface area contributed by atoms with Crippen LogP contribution >= 0.6 is 11.6 Å². The summed E-state index contributed by atoms with van der Waals surface area (Å²) >= 11 is 6.02. The normalized spacial score (nSPS) is 12.2. The maximum atomic E-state index is 14.1. The Morgan fingerprint density at radius 3 is 2.52 bits per heavy atom. The Morgan fingerprint density at radius 1 is 1.19 bits per heavy atom. The molecule has 21 heavy (non-hydrogen) atoms. The second-order valence-corrected chi connectivity index (χ2v) is 5.08. The van der Waals surface area contributed by atoms with Crippen molar-refractivity contribution < 1.29 is 13.5 Å². The van der Waals surface area contributed by atoms with Gasteiger partial charge in [-0.15, -0.1) is 0 Å². The predicted octanol–water partition coefficient (Wildman–Crippen LogP) is 4.13. The van der Waals surface area contributed by atoms with E-state index in [9.17, 15) is 8.78 Å². The van der Waals surface area contributed by atoms with E-state index in [1.54, 1.807) is 25.2 Å². The smallest absolute Gasteiger partial charge is 0.131 e. The van der Waals surface area contributed by atoms with E-state index in [-0.39, 0.29) is 17.7 Å². The first-order chi connectivity index (χ1) is 10.0. The summed E-state index contributed by atoms with van der Waals surface area (Å²) < 4.78 is 32.2. The number of methoxy groups -OCH3 is 1. The third kappa shape index (κ3) is 3.71. The summed E-state index contributed by atoms with van der Waals surface area (Å²) in [4.78, 5) is 0. The van der Waals surface area contributed by atoms with Crippen molar-refractivity contribution in [1.29, 1.82) is 0 Å². The van der Waals surface area contributed by atoms with Gasteiger partial charge in [-0.1, -0.05) is 23.7 Å². The third-order valence-electron chi connectivity index (χ3n) is 3.37. The summed E-state index contributed by atoms with van der Waals surface area (Å²) in [5, 5.41) is 3.39. The van der Waals surface area contributed by atoms with Crippen LogP contribution in [0.2, 0.25) is 5.02 Å². The van der Waals surface area contributed by atoms with E-state index in [1.807, 2.05) is 0 Å². The van der Waals surface area contributed by atoms with Crippen LogP contribution in [-0.2, 0) is 6.42 Å². The summed E-state index contributed by atoms with van der Waals surface area (Å²) in [6.45, 7) is 0. The molecule has 2 rings (SSSR count). The summed E-state index contributed by atoms with van der Waals surface area (Å²) in [5.74, 6) is -0.279. The highest BCUT2D eigenvalue weighted by Crippen LogP contribution is 2.27. The Balaban J connectivity index is 2.27. The van der Waals surface area contributed by atoms with Gasteiger partial charge in [0.1, 0.15) is 17.4 Å². The molecule has 0 aliphatic rings. The van der Waals surface area contributed by atoms with Crippen LogP contribution in [0.25, 0.3) is 0 Å². The number of likely N-dealkylation sites (N-methyl/N-ethyl adjacent to an activating group) is 1. The summed E-state index contributed by atoms with van der Waals surface area (Å²) in [5.41, 5.74) is 1.27. The lowest BCUT2D eigenvalue weighted by Crippen LogP contribution is -2.20. The molecule has 0 heterocycles. The molecule has 1 N–H and O–H groups in total. The number of hydrogen-bond donors (Lipinski definition) is 1. The molecule has 112 valence electrons. The molecule has 0 aliphatic heterocycles. The molecular formula is C16H16ClF2NO. The fraction of sp³-hybridized carbons (Fsp3) is 0.250. The fourth-order valence-electron chi connectivity index (χ4n) is 2.19. The van der Waals surface area contributed by atoms with Gasteiger partial charge in [0.15, 0.2) is 0 Å². The molecule has 0 saturated carbocycles. The summed E-state index contributed by atoms with van der Waals surface area (Å²) in [6.07, 6.45) is 0.457. The van der Waals surface area contributed by atoms with Crippen molar-refractivity contribution in [3.63, 3.8) is 0 Å². The van der Waals surface area contributed by atoms with Crippen molar-refractivity contribution in [2.75, 3.05) is 14.2 Å². The highest BCUT2D eigenvalue weighted by molar-refractivity contribution is 6.31. The number of halogens is 3. The van der Waals surface area contributed by atoms with E-state index in [2.05, 4.69) is 5.32 Å². The topological polar surface area (TPSA) is 21.3 Å². The third-order valence-corrected chi connectivity index (χ3v) is 3.72. The fourth-order valence-corrected chi connectivity index (χ4v) is 2.44. The first-order valence-electron chi connectivity index (χ1n) is 6.49. The average Bonchev–Trinajstić information content (AvgIpc) is 2.47. The second-order valence-electron chi connectivity index (χ2n) is 4.67. The maximum absolute atomic E-state index is 14.1. The number of rotatable bonds is 5. The first kappa shape index (κ1) is 15.7. The molecule has 0 bridgehead atoms. The Labute approximate surface area is 127 Å². The molecule has 0 amide bonds. The second kappa shape index (κ2) is 6.87. The minimum Gasteiger partial charge on any atom is -0.497 e. The van der Waals surface area contributed by atoms with Crippen molar-refractivity contribution in [3.8, 4) is 5.75 Å². The van der Waals surface area contributed by atoms with Crippen LogP contribution in [0.1, 0.15) is 17.2 Å². The lowest BCUT2D eigenvalue weighted by molar-refractivity contribution is 0.409. The van der Waals surface area contributed by atoms with Crippen molar-refractivity contribution in [2.45, 2.75) is 12.5 Å². The Kier molecular flexibility index (Phi) is 5.15. The quantitative estimate of drug-likeness (QED) is 0.896. The van der Waals surface area contributed by atoms with Crippen LogP contribution in [0.4, 0.5) is 8.78 Å². The van der Waals surface area contributed by atoms with Gasteiger partial charge in [0.2, 0.25) is 0 Å². The van der Waals surface area contributed by atoms with Crippen LogP contribution in [0.15, 0.2) is 36.4 Å². The molecule has 1 atom stereocenters. The summed E-state index contributed by atoms with van der Waals surface area (Å²) in [7, 11) is 3.23. The zero-order valence-corrected chi connectivity index (χ0v) is 12.5. The van der Waals surface area contributed by atoms with Gasteiger partial charge in [0.05, 0.1) is 7.11 Å². The number of nitrogens with one attached hydrogen (secondary N) is 1. The van der Waals surface area contributed by atoms with E-state index in [4.69, 9.17) is 16.3 Å². The van der Waals surface area contributed by atoms with E-state index in [0.29, 0.717) is 22.8 Å². The molecule has 0 aliphatic carbocycles. The lowest BCUT2D eigenvalue weighted by atomic mass is 9.98. The van der Waals surface area contributed by atoms with Gasteiger partial charge in [-0.2, -0.15) is 0 Å². The van der Waals surface area contributed by atoms with Gasteiger partial charge in [-0.05, 0) is 37.2 Å². The van der Waals surface area contributed by atoms with Crippen LogP contribution in [-0.4, -0.2) is 14.2 Å². The largest absolute Gasteiger partial charge is 0.497 e. The zero-order valence-electron chi connectivity index (χ0n) is 11.8. The standard InChI is InChI=1S/C16H16ClF2NO/c1-20-16(7-10-3-4-11(18)8-14(10)17)13-6-5-12(21-2)9-15(13)19/h3-6,8-9,16,20H,7H2,1-2H3. The van der Waals surface area contributed by atoms with E-state index in [1.165, 1.54) is 25.3 Å². The van der Waals surface area contributed by atoms with E-state index < -0.39 is 0 Å². The van der Waals surface area contributed by atoms with Crippen LogP contribution in [0.3, 0.4) is 0 Å². The van der Waals surface area contributed by atoms with Crippen molar-refractivity contribution in [1.82, 2.24) is 5.32 Å². The molecule has 0 fully saturated rings. The molecule has 2 aromatic carbocycles. The SMILES string of the molecule is CNC(Cc1ccc(F)cc1Cl)c1ccc(OC)cc1F. The number of benzene rings is 2. The zero-order chi connectivity index (χ0) is 15.4. The first-order valence-corrected chi connectivity index (χ1v) is 6.87. The molecule has 5 heteroatoms. The molecule has 0 saturated heterocycles. The molecular weight excluding hydrogens is 296 g/mol. The van der Waals surface area contributed by atoms with E-state index >= 15 is 0 Å². The Hall–Kier alpha value is -1.65. The van der Waals surface area contributed by atoms with Crippen LogP contribution < -0.4 is 10.1 Å². The van der Waals surface area contributed by atoms with Gasteiger partial charge in [-0.25, -0.2) is 8.78 Å². The Morgan fingerprint density at radius 2 is 1.95 bits per heavy atom. The maximum Gasteiger partial charge on any atom is 0.131 e. The predicted molar refractivity (Wildman–Crippen MR) is 79.9 cm³/mol. The minimum atomic E-state index is -0.389. The molecule has 0 radical (unpaired) electrons. The van der Waals surface area contributed by atoms with Gasteiger partial charge < -0.3 is 10.1 Å². The molecule has 0 spiro atoms. The van der Waals surface area contributed by atoms with Gasteiger partial charge >= 0.3 is 0 Å². The van der Waals surface area contributed by atoms with Crippen molar-refractivity contribution in [3.05, 3.63) is 64.2 Å². The highest BCUT2D eigenvalue weighted by atomic mass is 35.5. The monoisotopic (exact) mass is 311 g/mol.